The number of benzene rings is 3. The Morgan fingerprint density at radius 1 is 0.923 bits per heavy atom. The molecule has 8 nitrogen and oxygen atoms in total. The zero-order chi connectivity index (χ0) is 27.4. The molecule has 0 radical (unpaired) electrons. The molecule has 0 aliphatic carbocycles. The Morgan fingerprint density at radius 2 is 1.72 bits per heavy atom. The highest BCUT2D eigenvalue weighted by molar-refractivity contribution is 7.21. The number of furan rings is 1. The number of nitrogens with zero attached hydrogens (tertiary/aromatic N) is 1. The van der Waals surface area contributed by atoms with E-state index in [2.05, 4.69) is 15.8 Å². The van der Waals surface area contributed by atoms with Crippen LogP contribution in [0.2, 0.25) is 10.0 Å². The Labute approximate surface area is 235 Å². The van der Waals surface area contributed by atoms with Crippen molar-refractivity contribution in [3.05, 3.63) is 117 Å². The molecule has 0 saturated heterocycles. The van der Waals surface area contributed by atoms with Gasteiger partial charge in [-0.3, -0.25) is 9.59 Å². The summed E-state index contributed by atoms with van der Waals surface area (Å²) in [5.74, 6) is -1.08. The van der Waals surface area contributed by atoms with Crippen LogP contribution < -0.4 is 15.5 Å². The SMILES string of the molecule is O=C(N/N=C\c1ccccc1OC(=O)c1sc2cc(Cl)ccc2c1Cl)c1ccc(NC(=O)c2ccco2)cc1. The highest BCUT2D eigenvalue weighted by atomic mass is 35.5. The molecule has 0 spiro atoms. The van der Waals surface area contributed by atoms with Crippen molar-refractivity contribution in [2.24, 2.45) is 5.10 Å². The van der Waals surface area contributed by atoms with Crippen LogP contribution in [-0.4, -0.2) is 24.0 Å². The first-order chi connectivity index (χ1) is 18.9. The van der Waals surface area contributed by atoms with Gasteiger partial charge >= 0.3 is 5.97 Å². The molecule has 11 heteroatoms. The molecule has 0 atom stereocenters. The molecular weight excluding hydrogens is 561 g/mol. The van der Waals surface area contributed by atoms with E-state index in [1.807, 2.05) is 0 Å². The van der Waals surface area contributed by atoms with Crippen molar-refractivity contribution in [1.29, 1.82) is 0 Å². The number of fused-ring (bicyclic) bond motifs is 1. The second-order valence-corrected chi connectivity index (χ2v) is 9.89. The predicted molar refractivity (Wildman–Crippen MR) is 151 cm³/mol. The van der Waals surface area contributed by atoms with Crippen LogP contribution >= 0.6 is 34.5 Å². The lowest BCUT2D eigenvalue weighted by molar-refractivity contribution is 0.0739. The maximum Gasteiger partial charge on any atom is 0.355 e. The van der Waals surface area contributed by atoms with Gasteiger partial charge in [-0.2, -0.15) is 5.10 Å². The molecule has 2 amide bonds. The number of halogens is 2. The summed E-state index contributed by atoms with van der Waals surface area (Å²) in [6, 6.07) is 21.3. The standard InChI is InChI=1S/C28H17Cl2N3O5S/c29-18-9-12-20-23(14-18)39-25(24(20)30)28(36)38-21-5-2-1-4-17(21)15-31-33-26(34)16-7-10-19(11-8-16)32-27(35)22-6-3-13-37-22/h1-15H,(H,32,35)(H,33,34)/b31-15-. The smallest absolute Gasteiger partial charge is 0.355 e. The van der Waals surface area contributed by atoms with Crippen LogP contribution in [0.15, 0.2) is 94.6 Å². The maximum absolute atomic E-state index is 12.9. The number of para-hydroxylation sites is 1. The summed E-state index contributed by atoms with van der Waals surface area (Å²) in [5.41, 5.74) is 3.71. The maximum atomic E-state index is 12.9. The molecule has 2 N–H and O–H groups in total. The quantitative estimate of drug-likeness (QED) is 0.0932. The molecule has 5 aromatic rings. The lowest BCUT2D eigenvalue weighted by Gasteiger charge is -2.07. The molecule has 194 valence electrons. The highest BCUT2D eigenvalue weighted by Gasteiger charge is 2.20. The fourth-order valence-corrected chi connectivity index (χ4v) is 5.19. The minimum atomic E-state index is -0.624. The van der Waals surface area contributed by atoms with Gasteiger partial charge in [0.2, 0.25) is 0 Å². The van der Waals surface area contributed by atoms with Gasteiger partial charge in [-0.15, -0.1) is 11.3 Å². The number of esters is 1. The van der Waals surface area contributed by atoms with Crippen molar-refractivity contribution in [2.75, 3.05) is 5.32 Å². The Kier molecular flexibility index (Phi) is 7.74. The van der Waals surface area contributed by atoms with Crippen LogP contribution in [0.5, 0.6) is 5.75 Å². The third-order valence-electron chi connectivity index (χ3n) is 5.42. The van der Waals surface area contributed by atoms with Crippen molar-refractivity contribution in [1.82, 2.24) is 5.43 Å². The van der Waals surface area contributed by atoms with Crippen molar-refractivity contribution < 1.29 is 23.5 Å². The number of hydrogen-bond acceptors (Lipinski definition) is 7. The van der Waals surface area contributed by atoms with Gasteiger partial charge < -0.3 is 14.5 Å². The van der Waals surface area contributed by atoms with Crippen molar-refractivity contribution in [3.8, 4) is 5.75 Å². The van der Waals surface area contributed by atoms with E-state index in [0.29, 0.717) is 32.2 Å². The molecule has 2 aromatic heterocycles. The molecule has 0 bridgehead atoms. The first-order valence-electron chi connectivity index (χ1n) is 11.4. The van der Waals surface area contributed by atoms with Gasteiger partial charge in [0.15, 0.2) is 5.76 Å². The molecule has 39 heavy (non-hydrogen) atoms. The van der Waals surface area contributed by atoms with Gasteiger partial charge in [-0.25, -0.2) is 10.2 Å². The topological polar surface area (TPSA) is 110 Å². The van der Waals surface area contributed by atoms with Gasteiger partial charge in [0, 0.05) is 31.9 Å². The normalized spacial score (nSPS) is 11.0. The zero-order valence-corrected chi connectivity index (χ0v) is 22.1. The van der Waals surface area contributed by atoms with Crippen LogP contribution in [-0.2, 0) is 0 Å². The number of hydrazone groups is 1. The summed E-state index contributed by atoms with van der Waals surface area (Å²) in [7, 11) is 0. The number of ether oxygens (including phenoxy) is 1. The first-order valence-corrected chi connectivity index (χ1v) is 12.9. The average molecular weight is 578 g/mol. The van der Waals surface area contributed by atoms with Crippen molar-refractivity contribution in [2.45, 2.75) is 0 Å². The van der Waals surface area contributed by atoms with Crippen molar-refractivity contribution >= 4 is 74.3 Å². The van der Waals surface area contributed by atoms with Crippen LogP contribution in [0.1, 0.15) is 36.1 Å². The van der Waals surface area contributed by atoms with E-state index < -0.39 is 17.8 Å². The van der Waals surface area contributed by atoms with E-state index in [9.17, 15) is 14.4 Å². The van der Waals surface area contributed by atoms with E-state index in [0.717, 1.165) is 4.70 Å². The van der Waals surface area contributed by atoms with Crippen molar-refractivity contribution in [3.63, 3.8) is 0 Å². The molecule has 2 heterocycles. The molecule has 0 aliphatic heterocycles. The lowest BCUT2D eigenvalue weighted by atomic mass is 10.2. The summed E-state index contributed by atoms with van der Waals surface area (Å²) >= 11 is 13.6. The molecular formula is C28H17Cl2N3O5S. The second-order valence-electron chi connectivity index (χ2n) is 8.02. The van der Waals surface area contributed by atoms with Gasteiger partial charge in [0.1, 0.15) is 10.6 Å². The Morgan fingerprint density at radius 3 is 2.49 bits per heavy atom. The van der Waals surface area contributed by atoms with Crippen LogP contribution in [0.4, 0.5) is 5.69 Å². The van der Waals surface area contributed by atoms with E-state index in [4.69, 9.17) is 32.4 Å². The van der Waals surface area contributed by atoms with Gasteiger partial charge in [-0.05, 0) is 60.7 Å². The van der Waals surface area contributed by atoms with E-state index in [-0.39, 0.29) is 16.4 Å². The van der Waals surface area contributed by atoms with E-state index >= 15 is 0 Å². The minimum Gasteiger partial charge on any atom is -0.459 e. The Balaban J connectivity index is 1.23. The monoisotopic (exact) mass is 577 g/mol. The third-order valence-corrected chi connectivity index (χ3v) is 7.29. The second kappa shape index (κ2) is 11.5. The fourth-order valence-electron chi connectivity index (χ4n) is 3.53. The summed E-state index contributed by atoms with van der Waals surface area (Å²) in [6.45, 7) is 0. The summed E-state index contributed by atoms with van der Waals surface area (Å²) in [5, 5.41) is 8.21. The van der Waals surface area contributed by atoms with Crippen LogP contribution in [0.3, 0.4) is 0 Å². The Hall–Kier alpha value is -4.44. The number of carbonyl (C=O) groups excluding carboxylic acids is 3. The van der Waals surface area contributed by atoms with Gasteiger partial charge in [0.05, 0.1) is 17.5 Å². The molecule has 3 aromatic carbocycles. The molecule has 5 rings (SSSR count). The average Bonchev–Trinajstić information content (AvgIpc) is 3.58. The summed E-state index contributed by atoms with van der Waals surface area (Å²) < 4.78 is 11.4. The number of anilines is 1. The first kappa shape index (κ1) is 26.2. The summed E-state index contributed by atoms with van der Waals surface area (Å²) in [6.07, 6.45) is 2.77. The Bertz CT molecular complexity index is 1710. The highest BCUT2D eigenvalue weighted by Crippen LogP contribution is 2.37. The number of amides is 2. The van der Waals surface area contributed by atoms with Gasteiger partial charge in [0.25, 0.3) is 11.8 Å². The minimum absolute atomic E-state index is 0.175. The predicted octanol–water partition coefficient (Wildman–Crippen LogP) is 7.04. The number of nitrogens with one attached hydrogen (secondary N) is 2. The number of carbonyl (C=O) groups is 3. The van der Waals surface area contributed by atoms with Gasteiger partial charge in [-0.1, -0.05) is 41.4 Å². The number of rotatable bonds is 7. The van der Waals surface area contributed by atoms with Crippen LogP contribution in [0, 0.1) is 0 Å². The largest absolute Gasteiger partial charge is 0.459 e. The van der Waals surface area contributed by atoms with Crippen LogP contribution in [0.25, 0.3) is 10.1 Å². The lowest BCUT2D eigenvalue weighted by Crippen LogP contribution is -2.18. The zero-order valence-electron chi connectivity index (χ0n) is 19.8. The summed E-state index contributed by atoms with van der Waals surface area (Å²) in [4.78, 5) is 37.7. The molecule has 0 unspecified atom stereocenters. The van der Waals surface area contributed by atoms with E-state index in [1.54, 1.807) is 78.9 Å². The third kappa shape index (κ3) is 6.01. The fraction of sp³-hybridized carbons (Fsp3) is 0. The van der Waals surface area contributed by atoms with E-state index in [1.165, 1.54) is 23.8 Å². The number of thiophene rings is 1. The molecule has 0 aliphatic rings. The number of hydrogen-bond donors (Lipinski definition) is 2. The molecule has 0 fully saturated rings. The molecule has 0 saturated carbocycles.